The summed E-state index contributed by atoms with van der Waals surface area (Å²) in [6.07, 6.45) is 3.10. The fourth-order valence-corrected chi connectivity index (χ4v) is 2.69. The minimum absolute atomic E-state index is 0.165. The third-order valence-electron chi connectivity index (χ3n) is 3.36. The van der Waals surface area contributed by atoms with Gasteiger partial charge in [-0.3, -0.25) is 0 Å². The molecule has 0 aliphatic heterocycles. The third kappa shape index (κ3) is 3.70. The zero-order valence-electron chi connectivity index (χ0n) is 11.9. The number of nitrogens with zero attached hydrogens (tertiary/aromatic N) is 1. The average molecular weight is 339 g/mol. The number of aromatic nitrogens is 1. The first-order chi connectivity index (χ1) is 9.61. The quantitative estimate of drug-likeness (QED) is 0.820. The van der Waals surface area contributed by atoms with Crippen LogP contribution >= 0.6 is 15.9 Å². The van der Waals surface area contributed by atoms with Crippen LogP contribution < -0.4 is 5.32 Å². The van der Waals surface area contributed by atoms with E-state index in [0.29, 0.717) is 12.1 Å². The molecule has 0 spiro atoms. The van der Waals surface area contributed by atoms with E-state index in [0.717, 1.165) is 17.4 Å². The molecule has 108 valence electrons. The number of nitrogens with one attached hydrogen (secondary N) is 1. The summed E-state index contributed by atoms with van der Waals surface area (Å²) >= 11 is 3.39. The van der Waals surface area contributed by atoms with Crippen molar-refractivity contribution in [2.75, 3.05) is 6.54 Å². The van der Waals surface area contributed by atoms with Crippen LogP contribution in [0.4, 0.5) is 4.39 Å². The SMILES string of the molecule is CCCNC(C)c1cccn1Cc1cc(Br)ccc1F. The van der Waals surface area contributed by atoms with E-state index in [2.05, 4.69) is 45.7 Å². The second-order valence-electron chi connectivity index (χ2n) is 4.97. The Morgan fingerprint density at radius 2 is 2.15 bits per heavy atom. The van der Waals surface area contributed by atoms with E-state index in [1.165, 1.54) is 11.8 Å². The van der Waals surface area contributed by atoms with Crippen molar-refractivity contribution in [1.29, 1.82) is 0 Å². The van der Waals surface area contributed by atoms with Gasteiger partial charge in [0, 0.05) is 28.0 Å². The van der Waals surface area contributed by atoms with Crippen LogP contribution in [0.15, 0.2) is 41.0 Å². The predicted molar refractivity (Wildman–Crippen MR) is 84.3 cm³/mol. The first kappa shape index (κ1) is 15.3. The summed E-state index contributed by atoms with van der Waals surface area (Å²) in [5, 5.41) is 3.46. The highest BCUT2D eigenvalue weighted by Gasteiger charge is 2.11. The highest BCUT2D eigenvalue weighted by atomic mass is 79.9. The molecule has 20 heavy (non-hydrogen) atoms. The topological polar surface area (TPSA) is 17.0 Å². The molecule has 0 amide bonds. The molecule has 0 saturated carbocycles. The molecule has 4 heteroatoms. The molecule has 1 aromatic heterocycles. The fraction of sp³-hybridized carbons (Fsp3) is 0.375. The Bertz CT molecular complexity index is 565. The summed E-state index contributed by atoms with van der Waals surface area (Å²) in [6, 6.07) is 9.42. The normalized spacial score (nSPS) is 12.6. The molecule has 1 aromatic carbocycles. The highest BCUT2D eigenvalue weighted by Crippen LogP contribution is 2.20. The zero-order valence-corrected chi connectivity index (χ0v) is 13.5. The summed E-state index contributed by atoms with van der Waals surface area (Å²) in [7, 11) is 0. The van der Waals surface area contributed by atoms with Gasteiger partial charge in [-0.15, -0.1) is 0 Å². The Morgan fingerprint density at radius 1 is 1.35 bits per heavy atom. The summed E-state index contributed by atoms with van der Waals surface area (Å²) in [6.45, 7) is 5.82. The molecule has 1 heterocycles. The molecule has 2 aromatic rings. The van der Waals surface area contributed by atoms with E-state index in [1.807, 2.05) is 18.3 Å². The van der Waals surface area contributed by atoms with Crippen molar-refractivity contribution in [1.82, 2.24) is 9.88 Å². The van der Waals surface area contributed by atoms with Crippen LogP contribution in [0.5, 0.6) is 0 Å². The molecule has 2 rings (SSSR count). The summed E-state index contributed by atoms with van der Waals surface area (Å²) in [4.78, 5) is 0. The Labute approximate surface area is 128 Å². The van der Waals surface area contributed by atoms with Gasteiger partial charge in [-0.05, 0) is 50.2 Å². The Balaban J connectivity index is 2.18. The molecule has 0 fully saturated rings. The van der Waals surface area contributed by atoms with Crippen LogP contribution in [0.25, 0.3) is 0 Å². The van der Waals surface area contributed by atoms with Crippen LogP contribution in [0, 0.1) is 5.82 Å². The maximum absolute atomic E-state index is 13.8. The van der Waals surface area contributed by atoms with Gasteiger partial charge in [-0.25, -0.2) is 4.39 Å². The maximum atomic E-state index is 13.8. The van der Waals surface area contributed by atoms with E-state index in [4.69, 9.17) is 0 Å². The predicted octanol–water partition coefficient (Wildman–Crippen LogP) is 4.50. The minimum atomic E-state index is -0.165. The van der Waals surface area contributed by atoms with E-state index < -0.39 is 0 Å². The molecular formula is C16H20BrFN2. The Hall–Kier alpha value is -1.13. The number of rotatable bonds is 6. The first-order valence-corrected chi connectivity index (χ1v) is 7.73. The van der Waals surface area contributed by atoms with Crippen molar-refractivity contribution in [3.05, 3.63) is 58.1 Å². The maximum Gasteiger partial charge on any atom is 0.128 e. The van der Waals surface area contributed by atoms with Crippen LogP contribution in [0.2, 0.25) is 0 Å². The second kappa shape index (κ2) is 7.04. The van der Waals surface area contributed by atoms with E-state index >= 15 is 0 Å². The van der Waals surface area contributed by atoms with Gasteiger partial charge in [0.05, 0.1) is 6.54 Å². The van der Waals surface area contributed by atoms with Crippen molar-refractivity contribution in [3.63, 3.8) is 0 Å². The largest absolute Gasteiger partial charge is 0.345 e. The lowest BCUT2D eigenvalue weighted by Crippen LogP contribution is -2.22. The molecule has 0 aliphatic carbocycles. The lowest BCUT2D eigenvalue weighted by Gasteiger charge is -2.17. The van der Waals surface area contributed by atoms with Crippen LogP contribution in [-0.4, -0.2) is 11.1 Å². The number of hydrogen-bond acceptors (Lipinski definition) is 1. The van der Waals surface area contributed by atoms with Gasteiger partial charge in [-0.1, -0.05) is 22.9 Å². The van der Waals surface area contributed by atoms with Crippen LogP contribution in [0.3, 0.4) is 0 Å². The van der Waals surface area contributed by atoms with Gasteiger partial charge < -0.3 is 9.88 Å². The summed E-state index contributed by atoms with van der Waals surface area (Å²) in [5.74, 6) is -0.165. The van der Waals surface area contributed by atoms with E-state index in [1.54, 1.807) is 6.07 Å². The molecule has 2 nitrogen and oxygen atoms in total. The molecular weight excluding hydrogens is 319 g/mol. The first-order valence-electron chi connectivity index (χ1n) is 6.94. The minimum Gasteiger partial charge on any atom is -0.345 e. The molecule has 1 N–H and O–H groups in total. The van der Waals surface area contributed by atoms with Gasteiger partial charge in [0.1, 0.15) is 5.82 Å². The second-order valence-corrected chi connectivity index (χ2v) is 5.89. The van der Waals surface area contributed by atoms with Crippen molar-refractivity contribution in [2.45, 2.75) is 32.9 Å². The third-order valence-corrected chi connectivity index (χ3v) is 3.85. The van der Waals surface area contributed by atoms with Gasteiger partial charge in [-0.2, -0.15) is 0 Å². The number of hydrogen-bond donors (Lipinski definition) is 1. The average Bonchev–Trinajstić information content (AvgIpc) is 2.88. The summed E-state index contributed by atoms with van der Waals surface area (Å²) in [5.41, 5.74) is 1.87. The monoisotopic (exact) mass is 338 g/mol. The number of halogens is 2. The van der Waals surface area contributed by atoms with Gasteiger partial charge in [0.25, 0.3) is 0 Å². The lowest BCUT2D eigenvalue weighted by atomic mass is 10.2. The van der Waals surface area contributed by atoms with Crippen molar-refractivity contribution >= 4 is 15.9 Å². The standard InChI is InChI=1S/C16H20BrFN2/c1-3-8-19-12(2)16-5-4-9-20(16)11-13-10-14(17)6-7-15(13)18/h4-7,9-10,12,19H,3,8,11H2,1-2H3. The van der Waals surface area contributed by atoms with Crippen LogP contribution in [-0.2, 0) is 6.54 Å². The molecule has 0 aliphatic rings. The van der Waals surface area contributed by atoms with Crippen molar-refractivity contribution in [2.24, 2.45) is 0 Å². The molecule has 0 radical (unpaired) electrons. The van der Waals surface area contributed by atoms with E-state index in [-0.39, 0.29) is 11.9 Å². The van der Waals surface area contributed by atoms with E-state index in [9.17, 15) is 4.39 Å². The smallest absolute Gasteiger partial charge is 0.128 e. The molecule has 0 bridgehead atoms. The zero-order chi connectivity index (χ0) is 14.5. The van der Waals surface area contributed by atoms with Gasteiger partial charge in [0.2, 0.25) is 0 Å². The lowest BCUT2D eigenvalue weighted by molar-refractivity contribution is 0.528. The Kier molecular flexibility index (Phi) is 5.38. The van der Waals surface area contributed by atoms with Crippen LogP contribution in [0.1, 0.15) is 37.6 Å². The highest BCUT2D eigenvalue weighted by molar-refractivity contribution is 9.10. The molecule has 0 saturated heterocycles. The molecule has 1 unspecified atom stereocenters. The van der Waals surface area contributed by atoms with Gasteiger partial charge >= 0.3 is 0 Å². The van der Waals surface area contributed by atoms with Gasteiger partial charge in [0.15, 0.2) is 0 Å². The Morgan fingerprint density at radius 3 is 2.90 bits per heavy atom. The fourth-order valence-electron chi connectivity index (χ4n) is 2.28. The number of benzene rings is 1. The van der Waals surface area contributed by atoms with Crippen molar-refractivity contribution in [3.8, 4) is 0 Å². The van der Waals surface area contributed by atoms with Crippen molar-refractivity contribution < 1.29 is 4.39 Å². The summed E-state index contributed by atoms with van der Waals surface area (Å²) < 4.78 is 16.8. The molecule has 1 atom stereocenters.